The molecule has 0 saturated heterocycles. The molecule has 0 spiro atoms. The summed E-state index contributed by atoms with van der Waals surface area (Å²) in [6, 6.07) is 0. The van der Waals surface area contributed by atoms with Gasteiger partial charge in [-0.15, -0.1) is 0 Å². The number of allylic oxidation sites excluding steroid dienone is 4. The predicted octanol–water partition coefficient (Wildman–Crippen LogP) is 2.13. The Balaban J connectivity index is 2.23. The van der Waals surface area contributed by atoms with Gasteiger partial charge in [-0.1, -0.05) is 24.3 Å². The highest BCUT2D eigenvalue weighted by Gasteiger charge is 2.13. The molecule has 1 heteroatoms. The molecule has 0 aromatic carbocycles. The van der Waals surface area contributed by atoms with E-state index < -0.39 is 0 Å². The van der Waals surface area contributed by atoms with E-state index in [1.54, 1.807) is 11.1 Å². The first kappa shape index (κ1) is 7.81. The molecule has 12 heavy (non-hydrogen) atoms. The number of likely N-dealkylation sites (N-methyl/N-ethyl adjacent to an activating group) is 1. The molecule has 0 aromatic heterocycles. The first-order valence-electron chi connectivity index (χ1n) is 4.59. The molecule has 64 valence electrons. The molecule has 2 aliphatic rings. The third kappa shape index (κ3) is 1.51. The Morgan fingerprint density at radius 2 is 2.25 bits per heavy atom. The first-order valence-corrected chi connectivity index (χ1v) is 4.59. The minimum absolute atomic E-state index is 1.15. The van der Waals surface area contributed by atoms with Gasteiger partial charge in [0, 0.05) is 13.1 Å². The van der Waals surface area contributed by atoms with Gasteiger partial charge in [-0.25, -0.2) is 0 Å². The fourth-order valence-corrected chi connectivity index (χ4v) is 1.85. The van der Waals surface area contributed by atoms with Crippen molar-refractivity contribution in [3.05, 3.63) is 35.5 Å². The van der Waals surface area contributed by atoms with E-state index in [0.717, 1.165) is 13.0 Å². The SMILES string of the molecule is CN1CCC2=C(CC=CC=C2)C1. The highest BCUT2D eigenvalue weighted by Crippen LogP contribution is 2.22. The van der Waals surface area contributed by atoms with E-state index in [9.17, 15) is 0 Å². The van der Waals surface area contributed by atoms with Crippen molar-refractivity contribution in [1.82, 2.24) is 4.90 Å². The number of rotatable bonds is 0. The van der Waals surface area contributed by atoms with E-state index in [-0.39, 0.29) is 0 Å². The molecular formula is C11H15N. The molecule has 1 heterocycles. The molecule has 0 radical (unpaired) electrons. The van der Waals surface area contributed by atoms with Gasteiger partial charge in [-0.05, 0) is 31.0 Å². The largest absolute Gasteiger partial charge is 0.302 e. The van der Waals surface area contributed by atoms with E-state index in [4.69, 9.17) is 0 Å². The number of nitrogens with zero attached hydrogens (tertiary/aromatic N) is 1. The summed E-state index contributed by atoms with van der Waals surface area (Å²) < 4.78 is 0. The van der Waals surface area contributed by atoms with Crippen LogP contribution in [0.25, 0.3) is 0 Å². The van der Waals surface area contributed by atoms with Crippen LogP contribution in [0.1, 0.15) is 12.8 Å². The summed E-state index contributed by atoms with van der Waals surface area (Å²) in [4.78, 5) is 2.39. The summed E-state index contributed by atoms with van der Waals surface area (Å²) in [5.41, 5.74) is 3.17. The highest BCUT2D eigenvalue weighted by molar-refractivity contribution is 5.34. The number of hydrogen-bond acceptors (Lipinski definition) is 1. The second-order valence-electron chi connectivity index (χ2n) is 3.61. The average molecular weight is 161 g/mol. The van der Waals surface area contributed by atoms with Crippen molar-refractivity contribution in [2.45, 2.75) is 12.8 Å². The monoisotopic (exact) mass is 161 g/mol. The summed E-state index contributed by atoms with van der Waals surface area (Å²) in [5, 5.41) is 0. The number of hydrogen-bond donors (Lipinski definition) is 0. The zero-order valence-corrected chi connectivity index (χ0v) is 7.59. The lowest BCUT2D eigenvalue weighted by Crippen LogP contribution is -2.27. The van der Waals surface area contributed by atoms with Gasteiger partial charge in [-0.3, -0.25) is 0 Å². The molecule has 1 aliphatic heterocycles. The minimum atomic E-state index is 1.15. The maximum absolute atomic E-state index is 2.39. The minimum Gasteiger partial charge on any atom is -0.302 e. The molecule has 0 unspecified atom stereocenters. The Morgan fingerprint density at radius 1 is 1.33 bits per heavy atom. The van der Waals surface area contributed by atoms with Gasteiger partial charge >= 0.3 is 0 Å². The van der Waals surface area contributed by atoms with Crippen LogP contribution >= 0.6 is 0 Å². The zero-order chi connectivity index (χ0) is 8.39. The van der Waals surface area contributed by atoms with Crippen molar-refractivity contribution < 1.29 is 0 Å². The maximum atomic E-state index is 2.39. The fraction of sp³-hybridized carbons (Fsp3) is 0.455. The van der Waals surface area contributed by atoms with Crippen LogP contribution in [-0.4, -0.2) is 25.0 Å². The van der Waals surface area contributed by atoms with E-state index in [2.05, 4.69) is 36.3 Å². The quantitative estimate of drug-likeness (QED) is 0.526. The van der Waals surface area contributed by atoms with Crippen LogP contribution in [0.5, 0.6) is 0 Å². The Morgan fingerprint density at radius 3 is 3.17 bits per heavy atom. The Kier molecular flexibility index (Phi) is 2.13. The van der Waals surface area contributed by atoms with Gasteiger partial charge < -0.3 is 4.90 Å². The fourth-order valence-electron chi connectivity index (χ4n) is 1.85. The van der Waals surface area contributed by atoms with Crippen LogP contribution < -0.4 is 0 Å². The zero-order valence-electron chi connectivity index (χ0n) is 7.59. The third-order valence-corrected chi connectivity index (χ3v) is 2.59. The summed E-state index contributed by atoms with van der Waals surface area (Å²) >= 11 is 0. The van der Waals surface area contributed by atoms with Crippen LogP contribution in [-0.2, 0) is 0 Å². The summed E-state index contributed by atoms with van der Waals surface area (Å²) in [6.45, 7) is 2.37. The lowest BCUT2D eigenvalue weighted by molar-refractivity contribution is 0.348. The smallest absolute Gasteiger partial charge is 0.0198 e. The van der Waals surface area contributed by atoms with Crippen LogP contribution in [0.4, 0.5) is 0 Å². The molecule has 0 saturated carbocycles. The molecule has 0 atom stereocenters. The summed E-state index contributed by atoms with van der Waals surface area (Å²) in [6.07, 6.45) is 11.2. The Labute approximate surface area is 74.1 Å². The van der Waals surface area contributed by atoms with Gasteiger partial charge in [-0.2, -0.15) is 0 Å². The van der Waals surface area contributed by atoms with Gasteiger partial charge in [0.15, 0.2) is 0 Å². The molecular weight excluding hydrogens is 146 g/mol. The van der Waals surface area contributed by atoms with Crippen LogP contribution in [0.15, 0.2) is 35.5 Å². The topological polar surface area (TPSA) is 3.24 Å². The first-order chi connectivity index (χ1) is 5.86. The van der Waals surface area contributed by atoms with E-state index in [1.807, 2.05) is 0 Å². The third-order valence-electron chi connectivity index (χ3n) is 2.59. The van der Waals surface area contributed by atoms with Crippen molar-refractivity contribution >= 4 is 0 Å². The second kappa shape index (κ2) is 3.28. The molecule has 0 amide bonds. The molecule has 0 fully saturated rings. The van der Waals surface area contributed by atoms with Crippen LogP contribution in [0, 0.1) is 0 Å². The lowest BCUT2D eigenvalue weighted by atomic mass is 9.99. The Bertz CT molecular complexity index is 258. The van der Waals surface area contributed by atoms with E-state index in [1.165, 1.54) is 13.0 Å². The lowest BCUT2D eigenvalue weighted by Gasteiger charge is -2.25. The summed E-state index contributed by atoms with van der Waals surface area (Å²) in [5.74, 6) is 0. The molecule has 0 bridgehead atoms. The van der Waals surface area contributed by atoms with Crippen molar-refractivity contribution in [3.8, 4) is 0 Å². The predicted molar refractivity (Wildman–Crippen MR) is 52.0 cm³/mol. The molecule has 2 rings (SSSR count). The van der Waals surface area contributed by atoms with E-state index in [0.29, 0.717) is 0 Å². The standard InChI is InChI=1S/C11H15N/c1-12-8-7-10-5-3-2-4-6-11(10)9-12/h2-5H,6-9H2,1H3. The highest BCUT2D eigenvalue weighted by atomic mass is 15.1. The average Bonchev–Trinajstić information content (AvgIpc) is 2.28. The molecule has 1 nitrogen and oxygen atoms in total. The van der Waals surface area contributed by atoms with Gasteiger partial charge in [0.25, 0.3) is 0 Å². The molecule has 1 aliphatic carbocycles. The van der Waals surface area contributed by atoms with Gasteiger partial charge in [0.05, 0.1) is 0 Å². The molecule has 0 aromatic rings. The van der Waals surface area contributed by atoms with Crippen LogP contribution in [0.3, 0.4) is 0 Å². The van der Waals surface area contributed by atoms with Crippen molar-refractivity contribution in [2.24, 2.45) is 0 Å². The van der Waals surface area contributed by atoms with Gasteiger partial charge in [0.2, 0.25) is 0 Å². The van der Waals surface area contributed by atoms with Crippen LogP contribution in [0.2, 0.25) is 0 Å². The van der Waals surface area contributed by atoms with E-state index >= 15 is 0 Å². The van der Waals surface area contributed by atoms with Crippen molar-refractivity contribution in [3.63, 3.8) is 0 Å². The van der Waals surface area contributed by atoms with Gasteiger partial charge in [0.1, 0.15) is 0 Å². The summed E-state index contributed by atoms with van der Waals surface area (Å²) in [7, 11) is 2.20. The second-order valence-corrected chi connectivity index (χ2v) is 3.61. The van der Waals surface area contributed by atoms with Crippen molar-refractivity contribution in [1.29, 1.82) is 0 Å². The Hall–Kier alpha value is -0.820. The molecule has 0 N–H and O–H groups in total. The normalized spacial score (nSPS) is 24.1. The van der Waals surface area contributed by atoms with Crippen molar-refractivity contribution in [2.75, 3.05) is 20.1 Å². The maximum Gasteiger partial charge on any atom is 0.0198 e.